The van der Waals surface area contributed by atoms with Crippen LogP contribution in [0.4, 0.5) is 4.39 Å². The van der Waals surface area contributed by atoms with Gasteiger partial charge >= 0.3 is 5.97 Å². The summed E-state index contributed by atoms with van der Waals surface area (Å²) in [5.41, 5.74) is -0.762. The van der Waals surface area contributed by atoms with Gasteiger partial charge in [0.2, 0.25) is 5.88 Å². The third kappa shape index (κ3) is 2.89. The van der Waals surface area contributed by atoms with E-state index in [1.54, 1.807) is 22.6 Å². The predicted molar refractivity (Wildman–Crippen MR) is 71.0 cm³/mol. The van der Waals surface area contributed by atoms with Crippen molar-refractivity contribution in [2.24, 2.45) is 0 Å². The number of hydrogen-bond acceptors (Lipinski definition) is 4. The van der Waals surface area contributed by atoms with E-state index in [0.29, 0.717) is 0 Å². The number of nitrogens with one attached hydrogen (secondary N) is 1. The summed E-state index contributed by atoms with van der Waals surface area (Å²) in [6, 6.07) is 3.05. The van der Waals surface area contributed by atoms with E-state index in [2.05, 4.69) is 9.97 Å². The van der Waals surface area contributed by atoms with Crippen LogP contribution in [-0.2, 0) is 0 Å². The Morgan fingerprint density at radius 2 is 2.21 bits per heavy atom. The third-order valence-corrected chi connectivity index (χ3v) is 3.09. The van der Waals surface area contributed by atoms with Gasteiger partial charge in [0.1, 0.15) is 20.7 Å². The summed E-state index contributed by atoms with van der Waals surface area (Å²) in [4.78, 5) is 28.4. The summed E-state index contributed by atoms with van der Waals surface area (Å²) in [6.45, 7) is 0. The maximum Gasteiger partial charge on any atom is 0.339 e. The average Bonchev–Trinajstić information content (AvgIpc) is 2.36. The number of ether oxygens (including phenoxy) is 1. The van der Waals surface area contributed by atoms with E-state index in [4.69, 9.17) is 9.84 Å². The van der Waals surface area contributed by atoms with Crippen molar-refractivity contribution in [3.8, 4) is 11.6 Å². The molecule has 0 aliphatic rings. The van der Waals surface area contributed by atoms with Crippen molar-refractivity contribution < 1.29 is 19.0 Å². The largest absolute Gasteiger partial charge is 0.478 e. The van der Waals surface area contributed by atoms with Crippen LogP contribution in [0.5, 0.6) is 11.6 Å². The molecule has 0 fully saturated rings. The number of aromatic amines is 1. The van der Waals surface area contributed by atoms with Crippen LogP contribution in [0.1, 0.15) is 10.4 Å². The summed E-state index contributed by atoms with van der Waals surface area (Å²) in [5.74, 6) is -2.17. The van der Waals surface area contributed by atoms with Crippen LogP contribution in [0.3, 0.4) is 0 Å². The number of carbonyl (C=O) groups is 1. The van der Waals surface area contributed by atoms with E-state index >= 15 is 0 Å². The van der Waals surface area contributed by atoms with Gasteiger partial charge in [0.25, 0.3) is 5.56 Å². The Labute approximate surface area is 119 Å². The van der Waals surface area contributed by atoms with Gasteiger partial charge in [-0.1, -0.05) is 0 Å². The number of aromatic carboxylic acids is 1. The van der Waals surface area contributed by atoms with Gasteiger partial charge in [-0.25, -0.2) is 14.2 Å². The zero-order valence-electron chi connectivity index (χ0n) is 9.18. The highest BCUT2D eigenvalue weighted by Crippen LogP contribution is 2.26. The molecule has 0 unspecified atom stereocenters. The molecular formula is C11H6FIN2O4. The van der Waals surface area contributed by atoms with E-state index < -0.39 is 17.3 Å². The van der Waals surface area contributed by atoms with Crippen LogP contribution < -0.4 is 10.3 Å². The molecule has 0 spiro atoms. The fourth-order valence-electron chi connectivity index (χ4n) is 1.30. The molecule has 0 atom stereocenters. The smallest absolute Gasteiger partial charge is 0.339 e. The molecule has 0 radical (unpaired) electrons. The van der Waals surface area contributed by atoms with Crippen LogP contribution in [0, 0.1) is 9.39 Å². The summed E-state index contributed by atoms with van der Waals surface area (Å²) < 4.78 is 18.4. The third-order valence-electron chi connectivity index (χ3n) is 2.14. The topological polar surface area (TPSA) is 92.3 Å². The molecule has 0 aliphatic heterocycles. The second kappa shape index (κ2) is 5.34. The first kappa shape index (κ1) is 13.5. The molecule has 0 saturated heterocycles. The van der Waals surface area contributed by atoms with Crippen molar-refractivity contribution in [1.82, 2.24) is 9.97 Å². The van der Waals surface area contributed by atoms with Gasteiger partial charge in [0.15, 0.2) is 0 Å². The maximum absolute atomic E-state index is 13.0. The van der Waals surface area contributed by atoms with Gasteiger partial charge in [-0.15, -0.1) is 0 Å². The molecular weight excluding hydrogens is 370 g/mol. The minimum Gasteiger partial charge on any atom is -0.478 e. The number of rotatable bonds is 3. The van der Waals surface area contributed by atoms with Crippen LogP contribution in [0.25, 0.3) is 0 Å². The number of halogens is 2. The molecule has 8 heteroatoms. The highest BCUT2D eigenvalue weighted by molar-refractivity contribution is 14.1. The molecule has 1 aromatic carbocycles. The predicted octanol–water partition coefficient (Wildman–Crippen LogP) is 2.00. The fourth-order valence-corrected chi connectivity index (χ4v) is 1.71. The van der Waals surface area contributed by atoms with E-state index in [1.165, 1.54) is 0 Å². The first-order chi connectivity index (χ1) is 8.99. The summed E-state index contributed by atoms with van der Waals surface area (Å²) >= 11 is 1.71. The molecule has 6 nitrogen and oxygen atoms in total. The Balaban J connectivity index is 2.46. The maximum atomic E-state index is 13.0. The van der Waals surface area contributed by atoms with Crippen molar-refractivity contribution in [3.63, 3.8) is 0 Å². The zero-order chi connectivity index (χ0) is 14.0. The van der Waals surface area contributed by atoms with Crippen LogP contribution in [-0.4, -0.2) is 21.0 Å². The van der Waals surface area contributed by atoms with Crippen LogP contribution in [0.2, 0.25) is 0 Å². The van der Waals surface area contributed by atoms with Gasteiger partial charge in [0, 0.05) is 0 Å². The van der Waals surface area contributed by atoms with Gasteiger partial charge in [-0.2, -0.15) is 0 Å². The number of carboxylic acids is 1. The minimum atomic E-state index is -1.34. The molecule has 0 bridgehead atoms. The van der Waals surface area contributed by atoms with Crippen LogP contribution >= 0.6 is 22.6 Å². The van der Waals surface area contributed by atoms with Gasteiger partial charge in [-0.3, -0.25) is 4.79 Å². The molecule has 2 aromatic rings. The first-order valence-corrected chi connectivity index (χ1v) is 6.01. The minimum absolute atomic E-state index is 0.0431. The van der Waals surface area contributed by atoms with E-state index in [1.807, 2.05) is 0 Å². The lowest BCUT2D eigenvalue weighted by atomic mass is 10.2. The Hall–Kier alpha value is -1.97. The summed E-state index contributed by atoms with van der Waals surface area (Å²) in [7, 11) is 0. The second-order valence-electron chi connectivity index (χ2n) is 3.40. The number of aromatic nitrogens is 2. The Morgan fingerprint density at radius 1 is 1.47 bits per heavy atom. The second-order valence-corrected chi connectivity index (χ2v) is 4.48. The molecule has 0 amide bonds. The zero-order valence-corrected chi connectivity index (χ0v) is 11.3. The van der Waals surface area contributed by atoms with Crippen molar-refractivity contribution in [3.05, 3.63) is 49.8 Å². The van der Waals surface area contributed by atoms with Crippen molar-refractivity contribution in [1.29, 1.82) is 0 Å². The van der Waals surface area contributed by atoms with E-state index in [-0.39, 0.29) is 20.8 Å². The average molecular weight is 376 g/mol. The summed E-state index contributed by atoms with van der Waals surface area (Å²) in [6.07, 6.45) is 1.13. The Kier molecular flexibility index (Phi) is 3.79. The summed E-state index contributed by atoms with van der Waals surface area (Å²) in [5, 5.41) is 8.96. The fraction of sp³-hybridized carbons (Fsp3) is 0. The van der Waals surface area contributed by atoms with Crippen molar-refractivity contribution in [2.45, 2.75) is 0 Å². The monoisotopic (exact) mass is 376 g/mol. The Bertz CT molecular complexity index is 701. The van der Waals surface area contributed by atoms with Crippen molar-refractivity contribution >= 4 is 28.6 Å². The van der Waals surface area contributed by atoms with Gasteiger partial charge < -0.3 is 14.8 Å². The number of H-pyrrole nitrogens is 1. The molecule has 98 valence electrons. The highest BCUT2D eigenvalue weighted by atomic mass is 127. The Morgan fingerprint density at radius 3 is 2.89 bits per heavy atom. The highest BCUT2D eigenvalue weighted by Gasteiger charge is 2.16. The molecule has 2 rings (SSSR count). The quantitative estimate of drug-likeness (QED) is 0.800. The molecule has 0 aliphatic carbocycles. The van der Waals surface area contributed by atoms with E-state index in [0.717, 1.165) is 24.5 Å². The molecule has 19 heavy (non-hydrogen) atoms. The van der Waals surface area contributed by atoms with E-state index in [9.17, 15) is 14.0 Å². The lowest BCUT2D eigenvalue weighted by Gasteiger charge is -2.08. The molecule has 1 aromatic heterocycles. The van der Waals surface area contributed by atoms with Gasteiger partial charge in [0.05, 0.1) is 6.33 Å². The lowest BCUT2D eigenvalue weighted by molar-refractivity contribution is 0.0693. The number of carboxylic acid groups (broad SMARTS) is 1. The molecule has 0 saturated carbocycles. The number of benzene rings is 1. The van der Waals surface area contributed by atoms with Crippen LogP contribution in [0.15, 0.2) is 29.3 Å². The first-order valence-electron chi connectivity index (χ1n) is 4.93. The molecule has 2 N–H and O–H groups in total. The SMILES string of the molecule is O=C(O)c1cc(F)ccc1Oc1nc[nH]c(=O)c1I. The standard InChI is InChI=1S/C11H6FIN2O4/c12-5-1-2-7(6(3-5)11(17)18)19-10-8(13)9(16)14-4-15-10/h1-4H,(H,17,18)(H,14,15,16). The van der Waals surface area contributed by atoms with Gasteiger partial charge in [-0.05, 0) is 40.8 Å². The number of nitrogens with zero attached hydrogens (tertiary/aromatic N) is 1. The molecule has 1 heterocycles. The number of hydrogen-bond donors (Lipinski definition) is 2. The lowest BCUT2D eigenvalue weighted by Crippen LogP contribution is -2.12. The normalized spacial score (nSPS) is 10.2. The van der Waals surface area contributed by atoms with Crippen molar-refractivity contribution in [2.75, 3.05) is 0 Å².